The Bertz CT molecular complexity index is 391. The van der Waals surface area contributed by atoms with Crippen molar-refractivity contribution in [3.63, 3.8) is 0 Å². The van der Waals surface area contributed by atoms with Crippen LogP contribution in [-0.4, -0.2) is 33.8 Å². The SMILES string of the molecule is C[C@H](C(=O)O)N1C(=O)[C@@H]2[C@H]3CC[C@H](C3)[C@@H]2C1=O. The van der Waals surface area contributed by atoms with Crippen LogP contribution in [0.1, 0.15) is 26.2 Å². The second-order valence-electron chi connectivity index (χ2n) is 5.45. The molecule has 3 rings (SSSR count). The third kappa shape index (κ3) is 1.22. The van der Waals surface area contributed by atoms with Gasteiger partial charge in [-0.1, -0.05) is 0 Å². The molecule has 2 aliphatic carbocycles. The van der Waals surface area contributed by atoms with Gasteiger partial charge in [-0.3, -0.25) is 14.5 Å². The number of aliphatic carboxylic acids is 1. The number of carboxylic acid groups (broad SMARTS) is 1. The number of amides is 2. The van der Waals surface area contributed by atoms with E-state index in [4.69, 9.17) is 5.11 Å². The predicted octanol–water partition coefficient (Wildman–Crippen LogP) is 0.491. The summed E-state index contributed by atoms with van der Waals surface area (Å²) in [6, 6.07) is -1.03. The van der Waals surface area contributed by atoms with Gasteiger partial charge in [0.2, 0.25) is 11.8 Å². The highest BCUT2D eigenvalue weighted by atomic mass is 16.4. The molecule has 0 aromatic carbocycles. The molecular formula is C12H15NO4. The highest BCUT2D eigenvalue weighted by Gasteiger charge is 2.62. The molecule has 1 heterocycles. The van der Waals surface area contributed by atoms with E-state index in [9.17, 15) is 14.4 Å². The van der Waals surface area contributed by atoms with Crippen LogP contribution in [0.2, 0.25) is 0 Å². The molecule has 2 amide bonds. The van der Waals surface area contributed by atoms with Crippen molar-refractivity contribution in [2.45, 2.75) is 32.2 Å². The summed E-state index contributed by atoms with van der Waals surface area (Å²) in [6.07, 6.45) is 3.00. The number of nitrogens with zero attached hydrogens (tertiary/aromatic N) is 1. The first-order chi connectivity index (χ1) is 8.02. The Morgan fingerprint density at radius 3 is 2.12 bits per heavy atom. The largest absolute Gasteiger partial charge is 0.480 e. The number of fused-ring (bicyclic) bond motifs is 5. The molecule has 17 heavy (non-hydrogen) atoms. The molecule has 3 fully saturated rings. The van der Waals surface area contributed by atoms with Gasteiger partial charge in [0, 0.05) is 0 Å². The minimum Gasteiger partial charge on any atom is -0.480 e. The fourth-order valence-corrected chi connectivity index (χ4v) is 3.92. The maximum absolute atomic E-state index is 12.2. The number of likely N-dealkylation sites (tertiary alicyclic amines) is 1. The van der Waals surface area contributed by atoms with Crippen molar-refractivity contribution >= 4 is 17.8 Å². The lowest BCUT2D eigenvalue weighted by atomic mass is 9.81. The van der Waals surface area contributed by atoms with Gasteiger partial charge in [0.05, 0.1) is 11.8 Å². The van der Waals surface area contributed by atoms with Gasteiger partial charge in [0.25, 0.3) is 0 Å². The van der Waals surface area contributed by atoms with Crippen LogP contribution in [0.15, 0.2) is 0 Å². The number of carboxylic acids is 1. The molecule has 0 unspecified atom stereocenters. The lowest BCUT2D eigenvalue weighted by Gasteiger charge is -2.20. The molecule has 5 heteroatoms. The van der Waals surface area contributed by atoms with Crippen molar-refractivity contribution in [2.75, 3.05) is 0 Å². The summed E-state index contributed by atoms with van der Waals surface area (Å²) >= 11 is 0. The van der Waals surface area contributed by atoms with Crippen LogP contribution in [0, 0.1) is 23.7 Å². The summed E-state index contributed by atoms with van der Waals surface area (Å²) in [5.74, 6) is -1.42. The molecule has 5 atom stereocenters. The summed E-state index contributed by atoms with van der Waals surface area (Å²) in [4.78, 5) is 36.3. The van der Waals surface area contributed by atoms with Crippen LogP contribution in [0.4, 0.5) is 0 Å². The quantitative estimate of drug-likeness (QED) is 0.709. The smallest absolute Gasteiger partial charge is 0.326 e. The van der Waals surface area contributed by atoms with Crippen LogP contribution in [0.25, 0.3) is 0 Å². The zero-order valence-corrected chi connectivity index (χ0v) is 9.63. The third-order valence-electron chi connectivity index (χ3n) is 4.71. The Hall–Kier alpha value is -1.39. The van der Waals surface area contributed by atoms with E-state index >= 15 is 0 Å². The van der Waals surface area contributed by atoms with Gasteiger partial charge < -0.3 is 5.11 Å². The van der Waals surface area contributed by atoms with Gasteiger partial charge in [-0.05, 0) is 38.0 Å². The van der Waals surface area contributed by atoms with Crippen molar-refractivity contribution in [1.82, 2.24) is 4.90 Å². The number of hydrogen-bond acceptors (Lipinski definition) is 3. The topological polar surface area (TPSA) is 74.7 Å². The number of hydrogen-bond donors (Lipinski definition) is 1. The summed E-state index contributed by atoms with van der Waals surface area (Å²) in [5.41, 5.74) is 0. The minimum atomic E-state index is -1.11. The zero-order valence-electron chi connectivity index (χ0n) is 9.63. The first-order valence-corrected chi connectivity index (χ1v) is 6.12. The van der Waals surface area contributed by atoms with Crippen LogP contribution in [0.3, 0.4) is 0 Å². The molecule has 3 aliphatic rings. The molecule has 0 radical (unpaired) electrons. The van der Waals surface area contributed by atoms with Crippen molar-refractivity contribution in [1.29, 1.82) is 0 Å². The minimum absolute atomic E-state index is 0.219. The average Bonchev–Trinajstić information content (AvgIpc) is 2.92. The second kappa shape index (κ2) is 3.31. The third-order valence-corrected chi connectivity index (χ3v) is 4.71. The monoisotopic (exact) mass is 237 g/mol. The van der Waals surface area contributed by atoms with Crippen molar-refractivity contribution in [3.05, 3.63) is 0 Å². The molecule has 1 N–H and O–H groups in total. The number of carbonyl (C=O) groups is 3. The molecule has 1 aliphatic heterocycles. The number of imide groups is 1. The summed E-state index contributed by atoms with van der Waals surface area (Å²) in [6.45, 7) is 1.40. The Kier molecular flexibility index (Phi) is 2.09. The highest BCUT2D eigenvalue weighted by Crippen LogP contribution is 2.56. The predicted molar refractivity (Wildman–Crippen MR) is 56.8 cm³/mol. The molecule has 0 spiro atoms. The van der Waals surface area contributed by atoms with Gasteiger partial charge >= 0.3 is 5.97 Å². The maximum Gasteiger partial charge on any atom is 0.326 e. The molecule has 5 nitrogen and oxygen atoms in total. The molecular weight excluding hydrogens is 222 g/mol. The molecule has 1 saturated heterocycles. The first kappa shape index (κ1) is 10.7. The van der Waals surface area contributed by atoms with Crippen LogP contribution in [0.5, 0.6) is 0 Å². The summed E-state index contributed by atoms with van der Waals surface area (Å²) < 4.78 is 0. The van der Waals surface area contributed by atoms with Crippen LogP contribution in [-0.2, 0) is 14.4 Å². The fourth-order valence-electron chi connectivity index (χ4n) is 3.92. The van der Waals surface area contributed by atoms with Crippen LogP contribution >= 0.6 is 0 Å². The van der Waals surface area contributed by atoms with E-state index < -0.39 is 12.0 Å². The Morgan fingerprint density at radius 2 is 1.71 bits per heavy atom. The molecule has 92 valence electrons. The Morgan fingerprint density at radius 1 is 1.24 bits per heavy atom. The van der Waals surface area contributed by atoms with E-state index in [0.717, 1.165) is 24.2 Å². The van der Waals surface area contributed by atoms with E-state index in [0.29, 0.717) is 11.8 Å². The summed E-state index contributed by atoms with van der Waals surface area (Å²) in [7, 11) is 0. The van der Waals surface area contributed by atoms with E-state index in [1.165, 1.54) is 6.92 Å². The van der Waals surface area contributed by atoms with Gasteiger partial charge in [-0.25, -0.2) is 4.79 Å². The standard InChI is InChI=1S/C12H15NO4/c1-5(12(16)17)13-10(14)8-6-2-3-7(4-6)9(8)11(13)15/h5-9H,2-4H2,1H3,(H,16,17)/t5-,6-,7+,8+,9-/m1/s1. The normalized spacial score (nSPS) is 40.9. The highest BCUT2D eigenvalue weighted by molar-refractivity contribution is 6.08. The number of rotatable bonds is 2. The van der Waals surface area contributed by atoms with E-state index in [-0.39, 0.29) is 23.7 Å². The van der Waals surface area contributed by atoms with Gasteiger partial charge in [0.1, 0.15) is 6.04 Å². The molecule has 0 aromatic rings. The van der Waals surface area contributed by atoms with Crippen molar-refractivity contribution in [3.8, 4) is 0 Å². The van der Waals surface area contributed by atoms with E-state index in [1.54, 1.807) is 0 Å². The lowest BCUT2D eigenvalue weighted by molar-refractivity contribution is -0.154. The Labute approximate surface area is 98.8 Å². The van der Waals surface area contributed by atoms with Gasteiger partial charge in [-0.15, -0.1) is 0 Å². The zero-order chi connectivity index (χ0) is 12.3. The molecule has 0 aromatic heterocycles. The van der Waals surface area contributed by atoms with Crippen LogP contribution < -0.4 is 0 Å². The Balaban J connectivity index is 1.93. The van der Waals surface area contributed by atoms with Gasteiger partial charge in [0.15, 0.2) is 0 Å². The summed E-state index contributed by atoms with van der Waals surface area (Å²) in [5, 5.41) is 8.94. The van der Waals surface area contributed by atoms with Crippen molar-refractivity contribution < 1.29 is 19.5 Å². The average molecular weight is 237 g/mol. The molecule has 2 saturated carbocycles. The lowest BCUT2D eigenvalue weighted by Crippen LogP contribution is -2.44. The number of carbonyl (C=O) groups excluding carboxylic acids is 2. The van der Waals surface area contributed by atoms with E-state index in [2.05, 4.69) is 0 Å². The molecule has 2 bridgehead atoms. The van der Waals surface area contributed by atoms with Crippen molar-refractivity contribution in [2.24, 2.45) is 23.7 Å². The van der Waals surface area contributed by atoms with Gasteiger partial charge in [-0.2, -0.15) is 0 Å². The first-order valence-electron chi connectivity index (χ1n) is 6.12. The second-order valence-corrected chi connectivity index (χ2v) is 5.45. The maximum atomic E-state index is 12.2. The van der Waals surface area contributed by atoms with E-state index in [1.807, 2.05) is 0 Å². The fraction of sp³-hybridized carbons (Fsp3) is 0.750.